The van der Waals surface area contributed by atoms with Gasteiger partial charge in [0.15, 0.2) is 0 Å². The van der Waals surface area contributed by atoms with Gasteiger partial charge in [-0.05, 0) is 17.7 Å². The van der Waals surface area contributed by atoms with E-state index in [0.717, 1.165) is 5.56 Å². The fourth-order valence-electron chi connectivity index (χ4n) is 2.02. The molecule has 1 aromatic carbocycles. The van der Waals surface area contributed by atoms with Crippen LogP contribution in [0.2, 0.25) is 0 Å². The Morgan fingerprint density at radius 2 is 1.68 bits per heavy atom. The molecule has 0 amide bonds. The van der Waals surface area contributed by atoms with Crippen LogP contribution in [-0.2, 0) is 13.3 Å². The zero-order chi connectivity index (χ0) is 14.5. The molecular formula is C13H20O5Si. The topological polar surface area (TPSA) is 57.2 Å². The monoisotopic (exact) mass is 284 g/mol. The standard InChI is InChI=1S/C13H20O5Si/c1-6-13(19(16-3,17-4)18-5)10-7-11(14)9-12(8-10)15-2/h6-9,13-14H,1H2,2-5H3. The molecule has 106 valence electrons. The van der Waals surface area contributed by atoms with E-state index >= 15 is 0 Å². The van der Waals surface area contributed by atoms with Crippen LogP contribution in [-0.4, -0.2) is 42.4 Å². The van der Waals surface area contributed by atoms with E-state index in [4.69, 9.17) is 18.0 Å². The Balaban J connectivity index is 3.29. The van der Waals surface area contributed by atoms with Gasteiger partial charge in [0.2, 0.25) is 0 Å². The third kappa shape index (κ3) is 3.16. The molecule has 5 nitrogen and oxygen atoms in total. The number of rotatable bonds is 7. The van der Waals surface area contributed by atoms with Crippen molar-refractivity contribution in [1.29, 1.82) is 0 Å². The maximum Gasteiger partial charge on any atom is 0.512 e. The predicted molar refractivity (Wildman–Crippen MR) is 74.4 cm³/mol. The number of ether oxygens (including phenoxy) is 1. The minimum atomic E-state index is -2.93. The molecule has 0 saturated heterocycles. The summed E-state index contributed by atoms with van der Waals surface area (Å²) in [6.45, 7) is 3.80. The molecule has 1 aromatic rings. The van der Waals surface area contributed by atoms with Crippen molar-refractivity contribution in [2.45, 2.75) is 5.54 Å². The predicted octanol–water partition coefficient (Wildman–Crippen LogP) is 2.09. The van der Waals surface area contributed by atoms with E-state index in [-0.39, 0.29) is 11.3 Å². The number of aromatic hydroxyl groups is 1. The second-order valence-electron chi connectivity index (χ2n) is 3.89. The molecule has 0 radical (unpaired) electrons. The summed E-state index contributed by atoms with van der Waals surface area (Å²) in [4.78, 5) is 0. The number of phenols is 1. The SMILES string of the molecule is C=CC(c1cc(O)cc(OC)c1)[Si](OC)(OC)OC. The summed E-state index contributed by atoms with van der Waals surface area (Å²) in [5.41, 5.74) is 0.470. The second-order valence-corrected chi connectivity index (χ2v) is 6.95. The molecule has 0 bridgehead atoms. The molecule has 0 heterocycles. The quantitative estimate of drug-likeness (QED) is 0.614. The average Bonchev–Trinajstić information content (AvgIpc) is 2.44. The molecule has 0 aliphatic rings. The molecule has 1 N–H and O–H groups in total. The number of allylic oxidation sites excluding steroid dienone is 1. The molecule has 1 unspecified atom stereocenters. The van der Waals surface area contributed by atoms with E-state index in [1.165, 1.54) is 34.5 Å². The molecule has 19 heavy (non-hydrogen) atoms. The van der Waals surface area contributed by atoms with Crippen molar-refractivity contribution < 1.29 is 23.1 Å². The zero-order valence-corrected chi connectivity index (χ0v) is 12.7. The van der Waals surface area contributed by atoms with E-state index in [2.05, 4.69) is 6.58 Å². The number of methoxy groups -OCH3 is 1. The van der Waals surface area contributed by atoms with Gasteiger partial charge in [0.05, 0.1) is 12.7 Å². The molecule has 0 aliphatic carbocycles. The van der Waals surface area contributed by atoms with Gasteiger partial charge < -0.3 is 23.1 Å². The van der Waals surface area contributed by atoms with Gasteiger partial charge in [-0.15, -0.1) is 6.58 Å². The Kier molecular flexibility index (Phi) is 5.55. The summed E-state index contributed by atoms with van der Waals surface area (Å²) in [5, 5.41) is 9.73. The van der Waals surface area contributed by atoms with Gasteiger partial charge in [-0.1, -0.05) is 6.08 Å². The normalized spacial score (nSPS) is 13.1. The Morgan fingerprint density at radius 3 is 2.11 bits per heavy atom. The lowest BCUT2D eigenvalue weighted by Crippen LogP contribution is -2.48. The summed E-state index contributed by atoms with van der Waals surface area (Å²) < 4.78 is 21.5. The Hall–Kier alpha value is -1.34. The highest BCUT2D eigenvalue weighted by atomic mass is 28.4. The first kappa shape index (κ1) is 15.7. The van der Waals surface area contributed by atoms with Gasteiger partial charge in [0.25, 0.3) is 0 Å². The van der Waals surface area contributed by atoms with E-state index in [1.54, 1.807) is 18.2 Å². The van der Waals surface area contributed by atoms with Crippen LogP contribution in [0, 0.1) is 0 Å². The fourth-order valence-corrected chi connectivity index (χ4v) is 4.14. The number of phenolic OH excluding ortho intramolecular Hbond substituents is 1. The van der Waals surface area contributed by atoms with Crippen LogP contribution in [0.4, 0.5) is 0 Å². The molecule has 1 atom stereocenters. The van der Waals surface area contributed by atoms with Crippen molar-refractivity contribution in [3.8, 4) is 11.5 Å². The van der Waals surface area contributed by atoms with E-state index in [9.17, 15) is 5.11 Å². The molecule has 0 aromatic heterocycles. The van der Waals surface area contributed by atoms with Crippen molar-refractivity contribution in [3.63, 3.8) is 0 Å². The van der Waals surface area contributed by atoms with Crippen LogP contribution in [0.1, 0.15) is 11.1 Å². The van der Waals surface area contributed by atoms with Gasteiger partial charge in [-0.3, -0.25) is 0 Å². The molecule has 0 spiro atoms. The van der Waals surface area contributed by atoms with Gasteiger partial charge >= 0.3 is 8.80 Å². The van der Waals surface area contributed by atoms with Crippen LogP contribution < -0.4 is 4.74 Å². The maximum absolute atomic E-state index is 9.73. The average molecular weight is 284 g/mol. The highest BCUT2D eigenvalue weighted by Crippen LogP contribution is 2.34. The van der Waals surface area contributed by atoms with Gasteiger partial charge in [0, 0.05) is 27.4 Å². The highest BCUT2D eigenvalue weighted by Gasteiger charge is 2.46. The summed E-state index contributed by atoms with van der Waals surface area (Å²) in [6.07, 6.45) is 1.69. The number of hydrogen-bond donors (Lipinski definition) is 1. The first-order valence-electron chi connectivity index (χ1n) is 5.72. The van der Waals surface area contributed by atoms with Crippen molar-refractivity contribution in [2.24, 2.45) is 0 Å². The van der Waals surface area contributed by atoms with Crippen LogP contribution in [0.3, 0.4) is 0 Å². The Bertz CT molecular complexity index is 423. The van der Waals surface area contributed by atoms with Crippen LogP contribution in [0.25, 0.3) is 0 Å². The van der Waals surface area contributed by atoms with Gasteiger partial charge in [-0.2, -0.15) is 0 Å². The van der Waals surface area contributed by atoms with Crippen molar-refractivity contribution >= 4 is 8.80 Å². The molecule has 0 saturated carbocycles. The summed E-state index contributed by atoms with van der Waals surface area (Å²) in [6, 6.07) is 4.94. The minimum Gasteiger partial charge on any atom is -0.508 e. The molecule has 0 aliphatic heterocycles. The van der Waals surface area contributed by atoms with Crippen molar-refractivity contribution in [2.75, 3.05) is 28.4 Å². The lowest BCUT2D eigenvalue weighted by molar-refractivity contribution is 0.117. The van der Waals surface area contributed by atoms with Crippen molar-refractivity contribution in [1.82, 2.24) is 0 Å². The van der Waals surface area contributed by atoms with Gasteiger partial charge in [-0.25, -0.2) is 0 Å². The number of benzene rings is 1. The largest absolute Gasteiger partial charge is 0.512 e. The first-order valence-corrected chi connectivity index (χ1v) is 7.53. The smallest absolute Gasteiger partial charge is 0.508 e. The first-order chi connectivity index (χ1) is 9.06. The van der Waals surface area contributed by atoms with E-state index in [1.807, 2.05) is 0 Å². The van der Waals surface area contributed by atoms with E-state index in [0.29, 0.717) is 5.75 Å². The van der Waals surface area contributed by atoms with Gasteiger partial charge in [0.1, 0.15) is 11.5 Å². The van der Waals surface area contributed by atoms with Crippen LogP contribution in [0.15, 0.2) is 30.9 Å². The third-order valence-corrected chi connectivity index (χ3v) is 6.02. The summed E-state index contributed by atoms with van der Waals surface area (Å²) >= 11 is 0. The third-order valence-electron chi connectivity index (χ3n) is 2.98. The maximum atomic E-state index is 9.73. The van der Waals surface area contributed by atoms with Crippen molar-refractivity contribution in [3.05, 3.63) is 36.4 Å². The Labute approximate surface area is 114 Å². The van der Waals surface area contributed by atoms with Crippen LogP contribution >= 0.6 is 0 Å². The highest BCUT2D eigenvalue weighted by molar-refractivity contribution is 6.62. The Morgan fingerprint density at radius 1 is 1.11 bits per heavy atom. The summed E-state index contributed by atoms with van der Waals surface area (Å²) in [7, 11) is 3.22. The molecule has 1 rings (SSSR count). The summed E-state index contributed by atoms with van der Waals surface area (Å²) in [5.74, 6) is 0.653. The molecular weight excluding hydrogens is 264 g/mol. The van der Waals surface area contributed by atoms with Crippen LogP contribution in [0.5, 0.6) is 11.5 Å². The lowest BCUT2D eigenvalue weighted by Gasteiger charge is -2.31. The zero-order valence-electron chi connectivity index (χ0n) is 11.7. The minimum absolute atomic E-state index is 0.104. The number of hydrogen-bond acceptors (Lipinski definition) is 5. The fraction of sp³-hybridized carbons (Fsp3) is 0.385. The molecule has 0 fully saturated rings. The second kappa shape index (κ2) is 6.72. The van der Waals surface area contributed by atoms with E-state index < -0.39 is 8.80 Å². The lowest BCUT2D eigenvalue weighted by atomic mass is 10.1. The molecule has 6 heteroatoms.